The molecule has 0 bridgehead atoms. The zero-order chi connectivity index (χ0) is 16.8. The molecular weight excluding hydrogens is 302 g/mol. The van der Waals surface area contributed by atoms with E-state index >= 15 is 0 Å². The van der Waals surface area contributed by atoms with Crippen LogP contribution < -0.4 is 14.8 Å². The third kappa shape index (κ3) is 3.86. The van der Waals surface area contributed by atoms with Crippen molar-refractivity contribution in [3.8, 4) is 11.5 Å². The highest BCUT2D eigenvalue weighted by Crippen LogP contribution is 2.30. The molecule has 1 N–H and O–H groups in total. The summed E-state index contributed by atoms with van der Waals surface area (Å²) in [4.78, 5) is 6.76. The van der Waals surface area contributed by atoms with Crippen molar-refractivity contribution >= 4 is 0 Å². The fourth-order valence-electron chi connectivity index (χ4n) is 3.16. The van der Waals surface area contributed by atoms with E-state index in [2.05, 4.69) is 33.4 Å². The maximum atomic E-state index is 5.70. The van der Waals surface area contributed by atoms with Crippen LogP contribution >= 0.6 is 0 Å². The second-order valence-electron chi connectivity index (χ2n) is 5.89. The molecule has 1 aromatic carbocycles. The lowest BCUT2D eigenvalue weighted by atomic mass is 10.0. The smallest absolute Gasteiger partial charge is 0.161 e. The third-order valence-electron chi connectivity index (χ3n) is 4.34. The number of hydrogen-bond acceptors (Lipinski definition) is 5. The molecular formula is C19H25N3O2. The molecule has 0 spiro atoms. The minimum absolute atomic E-state index is 0.338. The van der Waals surface area contributed by atoms with E-state index < -0.39 is 0 Å². The summed E-state index contributed by atoms with van der Waals surface area (Å²) in [5.41, 5.74) is 2.48. The van der Waals surface area contributed by atoms with Crippen LogP contribution in [0.4, 0.5) is 0 Å². The lowest BCUT2D eigenvalue weighted by molar-refractivity contribution is 0.153. The van der Waals surface area contributed by atoms with Gasteiger partial charge in [-0.25, -0.2) is 0 Å². The molecule has 1 aliphatic heterocycles. The van der Waals surface area contributed by atoms with E-state index in [0.29, 0.717) is 12.6 Å². The Morgan fingerprint density at radius 2 is 2.21 bits per heavy atom. The standard InChI is InChI=1S/C19H25N3O2/c1-3-24-19-11-15(6-7-18(19)23-2)14-22-10-9-21-13-17(22)16-5-4-8-20-12-16/h4-8,11-12,17,21H,3,9-10,13-14H2,1-2H3. The second kappa shape index (κ2) is 8.13. The zero-order valence-corrected chi connectivity index (χ0v) is 14.4. The Labute approximate surface area is 143 Å². The van der Waals surface area contributed by atoms with Gasteiger partial charge in [0.15, 0.2) is 11.5 Å². The number of aromatic nitrogens is 1. The predicted octanol–water partition coefficient (Wildman–Crippen LogP) is 2.64. The van der Waals surface area contributed by atoms with Gasteiger partial charge in [-0.15, -0.1) is 0 Å². The Bertz CT molecular complexity index is 648. The van der Waals surface area contributed by atoms with Crippen molar-refractivity contribution < 1.29 is 9.47 Å². The van der Waals surface area contributed by atoms with Crippen LogP contribution in [0.3, 0.4) is 0 Å². The van der Waals surface area contributed by atoms with Gasteiger partial charge in [0.05, 0.1) is 13.7 Å². The van der Waals surface area contributed by atoms with Gasteiger partial charge in [-0.1, -0.05) is 12.1 Å². The van der Waals surface area contributed by atoms with Gasteiger partial charge in [0.1, 0.15) is 0 Å². The summed E-state index contributed by atoms with van der Waals surface area (Å²) < 4.78 is 11.1. The molecule has 24 heavy (non-hydrogen) atoms. The first kappa shape index (κ1) is 16.7. The number of nitrogens with one attached hydrogen (secondary N) is 1. The number of rotatable bonds is 6. The molecule has 0 saturated carbocycles. The lowest BCUT2D eigenvalue weighted by Crippen LogP contribution is -2.45. The van der Waals surface area contributed by atoms with Crippen molar-refractivity contribution in [3.63, 3.8) is 0 Å². The number of methoxy groups -OCH3 is 1. The van der Waals surface area contributed by atoms with E-state index in [0.717, 1.165) is 37.7 Å². The van der Waals surface area contributed by atoms with Crippen LogP contribution in [0.15, 0.2) is 42.7 Å². The molecule has 1 fully saturated rings. The molecule has 1 aromatic heterocycles. The Morgan fingerprint density at radius 1 is 1.29 bits per heavy atom. The summed E-state index contributed by atoms with van der Waals surface area (Å²) in [6.07, 6.45) is 3.78. The first-order chi connectivity index (χ1) is 11.8. The van der Waals surface area contributed by atoms with Crippen LogP contribution in [-0.4, -0.2) is 43.2 Å². The molecule has 1 unspecified atom stereocenters. The quantitative estimate of drug-likeness (QED) is 0.884. The monoisotopic (exact) mass is 327 g/mol. The van der Waals surface area contributed by atoms with Crippen LogP contribution in [0.2, 0.25) is 0 Å². The van der Waals surface area contributed by atoms with Crippen molar-refractivity contribution in [3.05, 3.63) is 53.9 Å². The van der Waals surface area contributed by atoms with Crippen molar-refractivity contribution in [2.75, 3.05) is 33.4 Å². The van der Waals surface area contributed by atoms with Crippen LogP contribution in [0.5, 0.6) is 11.5 Å². The van der Waals surface area contributed by atoms with Gasteiger partial charge in [-0.05, 0) is 36.2 Å². The van der Waals surface area contributed by atoms with Crippen molar-refractivity contribution in [2.24, 2.45) is 0 Å². The molecule has 3 rings (SSSR count). The Morgan fingerprint density at radius 3 is 2.96 bits per heavy atom. The summed E-state index contributed by atoms with van der Waals surface area (Å²) in [6.45, 7) is 6.46. The van der Waals surface area contributed by atoms with Gasteiger partial charge in [-0.3, -0.25) is 9.88 Å². The molecule has 1 atom stereocenters. The lowest BCUT2D eigenvalue weighted by Gasteiger charge is -2.36. The van der Waals surface area contributed by atoms with E-state index in [1.807, 2.05) is 31.5 Å². The van der Waals surface area contributed by atoms with Crippen molar-refractivity contribution in [2.45, 2.75) is 19.5 Å². The molecule has 0 amide bonds. The van der Waals surface area contributed by atoms with Gasteiger partial charge in [0.2, 0.25) is 0 Å². The van der Waals surface area contributed by atoms with Gasteiger partial charge in [0, 0.05) is 44.6 Å². The number of nitrogens with zero attached hydrogens (tertiary/aromatic N) is 2. The van der Waals surface area contributed by atoms with E-state index in [-0.39, 0.29) is 0 Å². The van der Waals surface area contributed by atoms with Gasteiger partial charge < -0.3 is 14.8 Å². The maximum absolute atomic E-state index is 5.70. The average molecular weight is 327 g/mol. The maximum Gasteiger partial charge on any atom is 0.161 e. The number of ether oxygens (including phenoxy) is 2. The average Bonchev–Trinajstić information content (AvgIpc) is 2.63. The van der Waals surface area contributed by atoms with Gasteiger partial charge in [0.25, 0.3) is 0 Å². The number of benzene rings is 1. The van der Waals surface area contributed by atoms with Gasteiger partial charge >= 0.3 is 0 Å². The summed E-state index contributed by atoms with van der Waals surface area (Å²) in [7, 11) is 1.67. The Balaban J connectivity index is 1.79. The first-order valence-corrected chi connectivity index (χ1v) is 8.46. The Hall–Kier alpha value is -2.11. The largest absolute Gasteiger partial charge is 0.493 e. The normalized spacial score (nSPS) is 18.3. The molecule has 128 valence electrons. The van der Waals surface area contributed by atoms with Crippen molar-refractivity contribution in [1.82, 2.24) is 15.2 Å². The van der Waals surface area contributed by atoms with Gasteiger partial charge in [-0.2, -0.15) is 0 Å². The fraction of sp³-hybridized carbons (Fsp3) is 0.421. The summed E-state index contributed by atoms with van der Waals surface area (Å²) in [5, 5.41) is 3.48. The SMILES string of the molecule is CCOc1cc(CN2CCNCC2c2cccnc2)ccc1OC. The van der Waals surface area contributed by atoms with E-state index in [9.17, 15) is 0 Å². The highest BCUT2D eigenvalue weighted by atomic mass is 16.5. The third-order valence-corrected chi connectivity index (χ3v) is 4.34. The van der Waals surface area contributed by atoms with Crippen LogP contribution in [0.1, 0.15) is 24.1 Å². The summed E-state index contributed by atoms with van der Waals surface area (Å²) >= 11 is 0. The fourth-order valence-corrected chi connectivity index (χ4v) is 3.16. The molecule has 5 heteroatoms. The van der Waals surface area contributed by atoms with E-state index in [1.165, 1.54) is 11.1 Å². The molecule has 0 radical (unpaired) electrons. The minimum Gasteiger partial charge on any atom is -0.493 e. The first-order valence-electron chi connectivity index (χ1n) is 8.46. The van der Waals surface area contributed by atoms with Crippen LogP contribution in [0.25, 0.3) is 0 Å². The summed E-state index contributed by atoms with van der Waals surface area (Å²) in [5.74, 6) is 1.59. The van der Waals surface area contributed by atoms with E-state index in [4.69, 9.17) is 9.47 Å². The second-order valence-corrected chi connectivity index (χ2v) is 5.89. The molecule has 1 aliphatic rings. The number of hydrogen-bond donors (Lipinski definition) is 1. The number of piperazine rings is 1. The van der Waals surface area contributed by atoms with Crippen LogP contribution in [0, 0.1) is 0 Å². The zero-order valence-electron chi connectivity index (χ0n) is 14.4. The molecule has 2 heterocycles. The van der Waals surface area contributed by atoms with E-state index in [1.54, 1.807) is 7.11 Å². The highest BCUT2D eigenvalue weighted by Gasteiger charge is 2.24. The molecule has 5 nitrogen and oxygen atoms in total. The molecule has 1 saturated heterocycles. The van der Waals surface area contributed by atoms with Crippen molar-refractivity contribution in [1.29, 1.82) is 0 Å². The predicted molar refractivity (Wildman–Crippen MR) is 94.4 cm³/mol. The number of pyridine rings is 1. The molecule has 2 aromatic rings. The summed E-state index contributed by atoms with van der Waals surface area (Å²) in [6, 6.07) is 10.7. The van der Waals surface area contributed by atoms with Crippen LogP contribution in [-0.2, 0) is 6.54 Å². The molecule has 0 aliphatic carbocycles. The topological polar surface area (TPSA) is 46.6 Å². The Kier molecular flexibility index (Phi) is 5.67. The minimum atomic E-state index is 0.338. The highest BCUT2D eigenvalue weighted by molar-refractivity contribution is 5.43.